The molecule has 11 nitrogen and oxygen atoms in total. The number of anilines is 2. The first-order valence-corrected chi connectivity index (χ1v) is 17.7. The van der Waals surface area contributed by atoms with Crippen LogP contribution < -0.4 is 20.7 Å². The predicted molar refractivity (Wildman–Crippen MR) is 183 cm³/mol. The Bertz CT molecular complexity index is 1810. The number of nitrogen functional groups attached to an aromatic ring is 1. The number of halogens is 4. The average molecular weight is 716 g/mol. The average Bonchev–Trinajstić information content (AvgIpc) is 3.70. The van der Waals surface area contributed by atoms with Crippen LogP contribution in [0, 0.1) is 18.8 Å². The number of carbonyl (C=O) groups is 1. The molecule has 50 heavy (non-hydrogen) atoms. The van der Waals surface area contributed by atoms with Crippen LogP contribution in [0.2, 0.25) is 0 Å². The molecule has 0 aliphatic carbocycles. The van der Waals surface area contributed by atoms with Crippen LogP contribution in [0.25, 0.3) is 0 Å². The summed E-state index contributed by atoms with van der Waals surface area (Å²) in [5, 5.41) is 6.58. The molecule has 1 amide bonds. The normalized spacial score (nSPS) is 21.5. The number of hydrogen-bond donors (Lipinski definition) is 2. The highest BCUT2D eigenvalue weighted by atomic mass is 32.2. The van der Waals surface area contributed by atoms with E-state index < -0.39 is 23.2 Å². The smallest absolute Gasteiger partial charge is 0.419 e. The minimum atomic E-state index is -4.66. The Hall–Kier alpha value is -4.10. The van der Waals surface area contributed by atoms with E-state index in [1.54, 1.807) is 7.05 Å². The summed E-state index contributed by atoms with van der Waals surface area (Å²) in [6.07, 6.45) is -0.883. The first-order valence-electron chi connectivity index (χ1n) is 16.7. The Kier molecular flexibility index (Phi) is 10.5. The lowest BCUT2D eigenvalue weighted by Gasteiger charge is -2.31. The number of methoxy groups -OCH3 is 1. The molecule has 0 saturated carbocycles. The van der Waals surface area contributed by atoms with Gasteiger partial charge in [-0.15, -0.1) is 11.8 Å². The minimum Gasteiger partial charge on any atom is -0.467 e. The van der Waals surface area contributed by atoms with Gasteiger partial charge in [-0.3, -0.25) is 14.4 Å². The monoisotopic (exact) mass is 715 g/mol. The van der Waals surface area contributed by atoms with E-state index in [9.17, 15) is 22.4 Å². The molecule has 2 fully saturated rings. The zero-order valence-electron chi connectivity index (χ0n) is 28.5. The first kappa shape index (κ1) is 35.7. The first-order chi connectivity index (χ1) is 23.9. The Morgan fingerprint density at radius 2 is 1.98 bits per heavy atom. The summed E-state index contributed by atoms with van der Waals surface area (Å²) in [6, 6.07) is 2.03. The fraction of sp³-hybridized carbons (Fsp3) is 0.559. The molecule has 3 atom stereocenters. The van der Waals surface area contributed by atoms with Crippen molar-refractivity contribution in [3.05, 3.63) is 51.1 Å². The number of nitrogens with one attached hydrogen (secondary N) is 1. The number of aryl methyl sites for hydroxylation is 1. The van der Waals surface area contributed by atoms with E-state index >= 15 is 0 Å². The van der Waals surface area contributed by atoms with Gasteiger partial charge in [-0.1, -0.05) is 5.92 Å². The molecule has 7 heterocycles. The van der Waals surface area contributed by atoms with Crippen LogP contribution in [-0.2, 0) is 31.4 Å². The number of pyridine rings is 1. The van der Waals surface area contributed by atoms with E-state index in [1.165, 1.54) is 44.7 Å². The number of aromatic nitrogens is 5. The van der Waals surface area contributed by atoms with Crippen molar-refractivity contribution in [1.82, 2.24) is 34.9 Å². The largest absolute Gasteiger partial charge is 0.467 e. The van der Waals surface area contributed by atoms with Gasteiger partial charge in [0, 0.05) is 61.3 Å². The van der Waals surface area contributed by atoms with Crippen molar-refractivity contribution in [2.75, 3.05) is 44.4 Å². The standard InChI is InChI=1S/C27H29F3N8O2S.C7H12FN/c1-5-7-17-22(27(28,29)30)15(10-21(31)33-17)20-11-18-16(13-41-20)24(35-26(34-18)40-4)37-8-6-9-38-19(12-37)14(2)23(36-38)25(39)32-3;8-6-4-7-2-1-3-9(7)5-6/h10,20H,6,8-9,11-13H2,1-4H3,(H2,31,33)(H,32,39);6-7H,1-5H2. The van der Waals surface area contributed by atoms with Gasteiger partial charge in [0.2, 0.25) is 0 Å². The summed E-state index contributed by atoms with van der Waals surface area (Å²) in [7, 11) is 3.03. The molecule has 3 N–H and O–H groups in total. The predicted octanol–water partition coefficient (Wildman–Crippen LogP) is 4.85. The van der Waals surface area contributed by atoms with Gasteiger partial charge in [0.15, 0.2) is 5.69 Å². The molecule has 0 spiro atoms. The summed E-state index contributed by atoms with van der Waals surface area (Å²) < 4.78 is 62.7. The van der Waals surface area contributed by atoms with Crippen LogP contribution in [-0.4, -0.2) is 81.5 Å². The number of thioether (sulfide) groups is 1. The van der Waals surface area contributed by atoms with Crippen molar-refractivity contribution in [3.8, 4) is 17.9 Å². The lowest BCUT2D eigenvalue weighted by atomic mass is 9.97. The van der Waals surface area contributed by atoms with Gasteiger partial charge in [0.05, 0.1) is 30.6 Å². The second kappa shape index (κ2) is 14.6. The number of rotatable bonds is 4. The Morgan fingerprint density at radius 1 is 1.18 bits per heavy atom. The van der Waals surface area contributed by atoms with Gasteiger partial charge in [0.25, 0.3) is 5.91 Å². The molecule has 3 aromatic rings. The summed E-state index contributed by atoms with van der Waals surface area (Å²) in [5.41, 5.74) is 8.25. The highest BCUT2D eigenvalue weighted by Crippen LogP contribution is 2.48. The van der Waals surface area contributed by atoms with E-state index in [1.807, 2.05) is 11.6 Å². The second-order valence-electron chi connectivity index (χ2n) is 12.8. The maximum absolute atomic E-state index is 14.3. The zero-order valence-corrected chi connectivity index (χ0v) is 29.3. The van der Waals surface area contributed by atoms with Gasteiger partial charge in [-0.25, -0.2) is 9.37 Å². The maximum atomic E-state index is 14.3. The number of ether oxygens (including phenoxy) is 1. The number of alkyl halides is 4. The maximum Gasteiger partial charge on any atom is 0.419 e. The van der Waals surface area contributed by atoms with Crippen molar-refractivity contribution < 1.29 is 27.1 Å². The molecule has 4 aliphatic rings. The van der Waals surface area contributed by atoms with Crippen LogP contribution in [0.5, 0.6) is 6.01 Å². The topological polar surface area (TPSA) is 127 Å². The third kappa shape index (κ3) is 7.20. The van der Waals surface area contributed by atoms with Gasteiger partial charge in [0.1, 0.15) is 23.5 Å². The number of fused-ring (bicyclic) bond motifs is 3. The van der Waals surface area contributed by atoms with Gasteiger partial charge in [-0.05, 0) is 63.6 Å². The fourth-order valence-electron chi connectivity index (χ4n) is 7.31. The molecule has 0 radical (unpaired) electrons. The van der Waals surface area contributed by atoms with Crippen molar-refractivity contribution in [2.45, 2.75) is 88.4 Å². The molecule has 16 heteroatoms. The number of nitrogens with two attached hydrogens (primary N) is 1. The number of hydrogen-bond acceptors (Lipinski definition) is 10. The molecule has 7 rings (SSSR count). The summed E-state index contributed by atoms with van der Waals surface area (Å²) in [5.74, 6) is 5.75. The quantitative estimate of drug-likeness (QED) is 0.286. The van der Waals surface area contributed by atoms with Gasteiger partial charge in [-0.2, -0.15) is 28.2 Å². The van der Waals surface area contributed by atoms with E-state index in [0.29, 0.717) is 55.2 Å². The van der Waals surface area contributed by atoms with E-state index in [2.05, 4.69) is 47.0 Å². The zero-order chi connectivity index (χ0) is 35.7. The minimum absolute atomic E-state index is 0.0224. The van der Waals surface area contributed by atoms with E-state index in [-0.39, 0.29) is 35.4 Å². The molecule has 2 saturated heterocycles. The highest BCUT2D eigenvalue weighted by molar-refractivity contribution is 7.98. The summed E-state index contributed by atoms with van der Waals surface area (Å²) in [6.45, 7) is 6.94. The highest BCUT2D eigenvalue weighted by Gasteiger charge is 2.41. The van der Waals surface area contributed by atoms with Crippen LogP contribution in [0.15, 0.2) is 6.07 Å². The van der Waals surface area contributed by atoms with Gasteiger partial charge >= 0.3 is 12.2 Å². The summed E-state index contributed by atoms with van der Waals surface area (Å²) in [4.78, 5) is 29.8. The van der Waals surface area contributed by atoms with Crippen LogP contribution in [0.3, 0.4) is 0 Å². The van der Waals surface area contributed by atoms with E-state index in [4.69, 9.17) is 10.5 Å². The number of nitrogens with zero attached hydrogens (tertiary/aromatic N) is 7. The number of amides is 1. The Balaban J connectivity index is 0.000000412. The van der Waals surface area contributed by atoms with E-state index in [0.717, 1.165) is 36.2 Å². The third-order valence-electron chi connectivity index (χ3n) is 9.64. The Labute approximate surface area is 292 Å². The molecule has 4 aliphatic heterocycles. The molecular weight excluding hydrogens is 674 g/mol. The van der Waals surface area contributed by atoms with Crippen molar-refractivity contribution in [3.63, 3.8) is 0 Å². The summed E-state index contributed by atoms with van der Waals surface area (Å²) >= 11 is 1.37. The number of carbonyl (C=O) groups excluding carboxylic acids is 1. The molecule has 0 aromatic carbocycles. The van der Waals surface area contributed by atoms with Crippen LogP contribution in [0.1, 0.15) is 87.7 Å². The fourth-order valence-corrected chi connectivity index (χ4v) is 8.62. The van der Waals surface area contributed by atoms with Crippen LogP contribution in [0.4, 0.5) is 29.2 Å². The lowest BCUT2D eigenvalue weighted by molar-refractivity contribution is -0.138. The molecule has 3 unspecified atom stereocenters. The lowest BCUT2D eigenvalue weighted by Crippen LogP contribution is -2.28. The Morgan fingerprint density at radius 3 is 2.68 bits per heavy atom. The van der Waals surface area contributed by atoms with Gasteiger partial charge < -0.3 is 20.7 Å². The second-order valence-corrected chi connectivity index (χ2v) is 14.0. The van der Waals surface area contributed by atoms with Crippen molar-refractivity contribution in [1.29, 1.82) is 0 Å². The molecular formula is C34H41F4N9O2S. The SMILES string of the molecule is CC#Cc1nc(N)cc(C2Cc3nc(OC)nc(N4CCCn5nc(C(=O)NC)c(C)c5C4)c3CS2)c1C(F)(F)F.FC1CC2CCCN2C1. The third-order valence-corrected chi connectivity index (χ3v) is 10.9. The van der Waals surface area contributed by atoms with Crippen molar-refractivity contribution >= 4 is 29.3 Å². The molecule has 3 aromatic heterocycles. The molecule has 268 valence electrons. The molecule has 0 bridgehead atoms. The van der Waals surface area contributed by atoms with Crippen molar-refractivity contribution in [2.24, 2.45) is 0 Å². The van der Waals surface area contributed by atoms with Crippen LogP contribution >= 0.6 is 11.8 Å².